The van der Waals surface area contributed by atoms with Crippen molar-refractivity contribution in [2.45, 2.75) is 19.8 Å². The number of methoxy groups -OCH3 is 1. The number of hydrogen-bond donors (Lipinski definition) is 1. The number of nitrogens with one attached hydrogen (secondary N) is 1. The van der Waals surface area contributed by atoms with E-state index in [-0.39, 0.29) is 11.8 Å². The molecule has 1 aliphatic heterocycles. The number of thiophene rings is 1. The highest BCUT2D eigenvalue weighted by molar-refractivity contribution is 7.20. The van der Waals surface area contributed by atoms with E-state index in [2.05, 4.69) is 5.32 Å². The molecule has 0 aliphatic carbocycles. The fraction of sp³-hybridized carbons (Fsp3) is 0.273. The van der Waals surface area contributed by atoms with Crippen LogP contribution in [0.1, 0.15) is 38.4 Å². The Labute approximate surface area is 167 Å². The first kappa shape index (κ1) is 18.5. The molecular formula is C22H22N2O3S. The average molecular weight is 394 g/mol. The van der Waals surface area contributed by atoms with Crippen LogP contribution in [-0.4, -0.2) is 36.9 Å². The van der Waals surface area contributed by atoms with Crippen LogP contribution in [0.25, 0.3) is 10.1 Å². The zero-order chi connectivity index (χ0) is 19.7. The SMILES string of the molecule is COc1ccc(C(=O)Nc2ccc3sc(C(=O)N4CCCC4)cc3c2)cc1C. The lowest BCUT2D eigenvalue weighted by atomic mass is 10.1. The van der Waals surface area contributed by atoms with Gasteiger partial charge in [-0.25, -0.2) is 0 Å². The molecule has 2 aromatic carbocycles. The summed E-state index contributed by atoms with van der Waals surface area (Å²) in [4.78, 5) is 27.9. The molecule has 1 aliphatic rings. The third-order valence-corrected chi connectivity index (χ3v) is 6.14. The second-order valence-electron chi connectivity index (χ2n) is 7.00. The van der Waals surface area contributed by atoms with E-state index >= 15 is 0 Å². The number of likely N-dealkylation sites (tertiary alicyclic amines) is 1. The summed E-state index contributed by atoms with van der Waals surface area (Å²) in [6.45, 7) is 3.59. The van der Waals surface area contributed by atoms with Gasteiger partial charge in [-0.3, -0.25) is 9.59 Å². The Morgan fingerprint density at radius 2 is 1.86 bits per heavy atom. The first-order chi connectivity index (χ1) is 13.5. The monoisotopic (exact) mass is 394 g/mol. The molecule has 0 saturated carbocycles. The quantitative estimate of drug-likeness (QED) is 0.697. The summed E-state index contributed by atoms with van der Waals surface area (Å²) in [5.41, 5.74) is 2.20. The number of rotatable bonds is 4. The summed E-state index contributed by atoms with van der Waals surface area (Å²) in [5.74, 6) is 0.693. The van der Waals surface area contributed by atoms with E-state index < -0.39 is 0 Å². The molecule has 0 radical (unpaired) electrons. The van der Waals surface area contributed by atoms with Crippen LogP contribution in [-0.2, 0) is 0 Å². The van der Waals surface area contributed by atoms with Crippen molar-refractivity contribution in [1.29, 1.82) is 0 Å². The van der Waals surface area contributed by atoms with Crippen LogP contribution in [0, 0.1) is 6.92 Å². The molecule has 0 spiro atoms. The maximum absolute atomic E-state index is 12.6. The summed E-state index contributed by atoms with van der Waals surface area (Å²) >= 11 is 1.50. The highest BCUT2D eigenvalue weighted by Crippen LogP contribution is 2.30. The van der Waals surface area contributed by atoms with Gasteiger partial charge in [-0.1, -0.05) is 0 Å². The highest BCUT2D eigenvalue weighted by Gasteiger charge is 2.21. The molecular weight excluding hydrogens is 372 g/mol. The van der Waals surface area contributed by atoms with Gasteiger partial charge in [0, 0.05) is 29.0 Å². The molecule has 144 valence electrons. The maximum atomic E-state index is 12.6. The zero-order valence-corrected chi connectivity index (χ0v) is 16.8. The van der Waals surface area contributed by atoms with E-state index in [1.807, 2.05) is 42.2 Å². The third kappa shape index (κ3) is 3.60. The Kier molecular flexibility index (Phi) is 5.05. The van der Waals surface area contributed by atoms with E-state index in [1.165, 1.54) is 11.3 Å². The van der Waals surface area contributed by atoms with Crippen molar-refractivity contribution in [2.75, 3.05) is 25.5 Å². The fourth-order valence-electron chi connectivity index (χ4n) is 3.53. The molecule has 2 heterocycles. The van der Waals surface area contributed by atoms with E-state index in [9.17, 15) is 9.59 Å². The normalized spacial score (nSPS) is 13.7. The Bertz CT molecular complexity index is 1050. The van der Waals surface area contributed by atoms with E-state index in [0.29, 0.717) is 11.3 Å². The first-order valence-electron chi connectivity index (χ1n) is 9.34. The minimum absolute atomic E-state index is 0.109. The summed E-state index contributed by atoms with van der Waals surface area (Å²) in [6.07, 6.45) is 2.16. The number of carbonyl (C=O) groups excluding carboxylic acids is 2. The van der Waals surface area contributed by atoms with Crippen LogP contribution in [0.15, 0.2) is 42.5 Å². The number of carbonyl (C=O) groups is 2. The van der Waals surface area contributed by atoms with Crippen molar-refractivity contribution in [2.24, 2.45) is 0 Å². The minimum atomic E-state index is -0.173. The predicted molar refractivity (Wildman–Crippen MR) is 113 cm³/mol. The van der Waals surface area contributed by atoms with Crippen molar-refractivity contribution < 1.29 is 14.3 Å². The molecule has 1 aromatic heterocycles. The van der Waals surface area contributed by atoms with Gasteiger partial charge in [0.15, 0.2) is 0 Å². The van der Waals surface area contributed by atoms with E-state index in [4.69, 9.17) is 4.74 Å². The van der Waals surface area contributed by atoms with Gasteiger partial charge in [0.05, 0.1) is 12.0 Å². The number of benzene rings is 2. The van der Waals surface area contributed by atoms with Gasteiger partial charge in [-0.2, -0.15) is 0 Å². The van der Waals surface area contributed by atoms with Crippen LogP contribution in [0.5, 0.6) is 5.75 Å². The number of anilines is 1. The number of aryl methyl sites for hydroxylation is 1. The van der Waals surface area contributed by atoms with Crippen LogP contribution in [0.2, 0.25) is 0 Å². The number of amides is 2. The van der Waals surface area contributed by atoms with Gasteiger partial charge >= 0.3 is 0 Å². The second-order valence-corrected chi connectivity index (χ2v) is 8.08. The second kappa shape index (κ2) is 7.64. The standard InChI is InChI=1S/C22H22N2O3S/c1-14-11-15(5-7-18(14)27-2)21(25)23-17-6-8-19-16(12-17)13-20(28-19)22(26)24-9-3-4-10-24/h5-8,11-13H,3-4,9-10H2,1-2H3,(H,23,25). The van der Waals surface area contributed by atoms with Crippen molar-refractivity contribution in [3.63, 3.8) is 0 Å². The topological polar surface area (TPSA) is 58.6 Å². The number of fused-ring (bicyclic) bond motifs is 1. The van der Waals surface area contributed by atoms with Crippen LogP contribution >= 0.6 is 11.3 Å². The number of hydrogen-bond acceptors (Lipinski definition) is 4. The minimum Gasteiger partial charge on any atom is -0.496 e. The molecule has 1 saturated heterocycles. The lowest BCUT2D eigenvalue weighted by Gasteiger charge is -2.13. The summed E-state index contributed by atoms with van der Waals surface area (Å²) in [5, 5.41) is 3.91. The molecule has 0 unspecified atom stereocenters. The summed E-state index contributed by atoms with van der Waals surface area (Å²) in [6, 6.07) is 13.0. The Morgan fingerprint density at radius 1 is 1.07 bits per heavy atom. The first-order valence-corrected chi connectivity index (χ1v) is 10.2. The van der Waals surface area contributed by atoms with Gasteiger partial charge in [0.1, 0.15) is 5.75 Å². The molecule has 5 nitrogen and oxygen atoms in total. The van der Waals surface area contributed by atoms with Crippen LogP contribution < -0.4 is 10.1 Å². The molecule has 4 rings (SSSR count). The zero-order valence-electron chi connectivity index (χ0n) is 16.0. The number of ether oxygens (including phenoxy) is 1. The predicted octanol–water partition coefficient (Wildman–Crippen LogP) is 4.71. The molecule has 28 heavy (non-hydrogen) atoms. The van der Waals surface area contributed by atoms with Crippen LogP contribution in [0.3, 0.4) is 0 Å². The Morgan fingerprint density at radius 3 is 2.57 bits per heavy atom. The largest absolute Gasteiger partial charge is 0.496 e. The van der Waals surface area contributed by atoms with E-state index in [0.717, 1.165) is 52.2 Å². The molecule has 1 N–H and O–H groups in total. The lowest BCUT2D eigenvalue weighted by Crippen LogP contribution is -2.26. The van der Waals surface area contributed by atoms with Crippen molar-refractivity contribution >= 4 is 38.9 Å². The van der Waals surface area contributed by atoms with Gasteiger partial charge < -0.3 is 15.0 Å². The third-order valence-electron chi connectivity index (χ3n) is 5.04. The Balaban J connectivity index is 1.53. The molecule has 6 heteroatoms. The van der Waals surface area contributed by atoms with Crippen molar-refractivity contribution in [3.8, 4) is 5.75 Å². The average Bonchev–Trinajstić information content (AvgIpc) is 3.37. The molecule has 1 fully saturated rings. The van der Waals surface area contributed by atoms with Crippen molar-refractivity contribution in [3.05, 3.63) is 58.5 Å². The smallest absolute Gasteiger partial charge is 0.263 e. The van der Waals surface area contributed by atoms with Gasteiger partial charge in [0.2, 0.25) is 0 Å². The lowest BCUT2D eigenvalue weighted by molar-refractivity contribution is 0.0797. The molecule has 2 amide bonds. The number of nitrogens with zero attached hydrogens (tertiary/aromatic N) is 1. The highest BCUT2D eigenvalue weighted by atomic mass is 32.1. The fourth-order valence-corrected chi connectivity index (χ4v) is 4.54. The molecule has 0 bridgehead atoms. The molecule has 3 aromatic rings. The van der Waals surface area contributed by atoms with E-state index in [1.54, 1.807) is 19.2 Å². The summed E-state index contributed by atoms with van der Waals surface area (Å²) < 4.78 is 6.29. The Hall–Kier alpha value is -2.86. The molecule has 0 atom stereocenters. The van der Waals surface area contributed by atoms with Crippen LogP contribution in [0.4, 0.5) is 5.69 Å². The maximum Gasteiger partial charge on any atom is 0.263 e. The van der Waals surface area contributed by atoms with Crippen molar-refractivity contribution in [1.82, 2.24) is 4.90 Å². The van der Waals surface area contributed by atoms with Gasteiger partial charge in [-0.15, -0.1) is 11.3 Å². The summed E-state index contributed by atoms with van der Waals surface area (Å²) in [7, 11) is 1.61. The van der Waals surface area contributed by atoms with Gasteiger partial charge in [-0.05, 0) is 73.2 Å². The van der Waals surface area contributed by atoms with Gasteiger partial charge in [0.25, 0.3) is 11.8 Å².